The lowest BCUT2D eigenvalue weighted by Gasteiger charge is -2.44. The Kier molecular flexibility index (Phi) is 5.96. The zero-order chi connectivity index (χ0) is 16.4. The first-order valence-electron chi connectivity index (χ1n) is 6.18. The Balaban J connectivity index is 3.07. The Morgan fingerprint density at radius 2 is 2.00 bits per heavy atom. The van der Waals surface area contributed by atoms with Crippen molar-refractivity contribution in [3.63, 3.8) is 0 Å². The quantitative estimate of drug-likeness (QED) is 0.276. The Morgan fingerprint density at radius 3 is 2.43 bits per heavy atom. The number of carbonyl (C=O) groups excluding carboxylic acids is 1. The van der Waals surface area contributed by atoms with E-state index in [0.29, 0.717) is 11.8 Å². The first-order chi connectivity index (χ1) is 9.62. The Morgan fingerprint density at radius 1 is 1.43 bits per heavy atom. The average molecular weight is 325 g/mol. The second kappa shape index (κ2) is 6.90. The summed E-state index contributed by atoms with van der Waals surface area (Å²) in [6, 6.07) is -1.08. The molecule has 21 heavy (non-hydrogen) atoms. The standard InChI is InChI=1S/C11H19NO8S/c1-4(14)12-7-5(15)2-11(20,10(18)19)21-9(7)8(17)6(16)3-13/h5-9,13,15-17,20H,2-3H2,1H3,(H,12,14)(H,18,19)/t5-,6+,7+,8+,9+,11-/m0/s1. The van der Waals surface area contributed by atoms with E-state index < -0.39 is 59.4 Å². The number of carboxylic acid groups (broad SMARTS) is 1. The van der Waals surface area contributed by atoms with Gasteiger partial charge in [-0.3, -0.25) is 4.79 Å². The molecule has 0 aliphatic carbocycles. The number of nitrogens with one attached hydrogen (secondary N) is 1. The number of aliphatic hydroxyl groups excluding tert-OH is 4. The molecule has 9 nitrogen and oxygen atoms in total. The first-order valence-corrected chi connectivity index (χ1v) is 7.06. The van der Waals surface area contributed by atoms with Gasteiger partial charge in [0.05, 0.1) is 30.1 Å². The van der Waals surface area contributed by atoms with Crippen molar-refractivity contribution in [3.05, 3.63) is 0 Å². The molecule has 0 aromatic heterocycles. The Labute approximate surface area is 124 Å². The average Bonchev–Trinajstić information content (AvgIpc) is 2.39. The third-order valence-electron chi connectivity index (χ3n) is 3.21. The fraction of sp³-hybridized carbons (Fsp3) is 0.818. The second-order valence-corrected chi connectivity index (χ2v) is 6.37. The van der Waals surface area contributed by atoms with Gasteiger partial charge in [0.15, 0.2) is 0 Å². The molecule has 0 radical (unpaired) electrons. The smallest absolute Gasteiger partial charge is 0.346 e. The van der Waals surface area contributed by atoms with E-state index in [1.165, 1.54) is 6.92 Å². The van der Waals surface area contributed by atoms with Gasteiger partial charge in [0.2, 0.25) is 10.8 Å². The van der Waals surface area contributed by atoms with Crippen LogP contribution in [0.2, 0.25) is 0 Å². The van der Waals surface area contributed by atoms with Crippen LogP contribution in [0.4, 0.5) is 0 Å². The van der Waals surface area contributed by atoms with E-state index in [-0.39, 0.29) is 0 Å². The van der Waals surface area contributed by atoms with E-state index >= 15 is 0 Å². The van der Waals surface area contributed by atoms with Gasteiger partial charge in [-0.25, -0.2) is 4.79 Å². The summed E-state index contributed by atoms with van der Waals surface area (Å²) in [5, 5.41) is 58.4. The third kappa shape index (κ3) is 4.05. The minimum absolute atomic E-state index is 0.408. The molecule has 1 rings (SSSR count). The van der Waals surface area contributed by atoms with Gasteiger partial charge in [-0.2, -0.15) is 0 Å². The number of aliphatic carboxylic acids is 1. The lowest BCUT2D eigenvalue weighted by atomic mass is 9.94. The molecular weight excluding hydrogens is 306 g/mol. The number of carboxylic acids is 1. The second-order valence-electron chi connectivity index (χ2n) is 4.91. The van der Waals surface area contributed by atoms with Gasteiger partial charge in [-0.1, -0.05) is 0 Å². The first kappa shape index (κ1) is 18.1. The minimum atomic E-state index is -2.37. The van der Waals surface area contributed by atoms with Crippen LogP contribution in [0.3, 0.4) is 0 Å². The normalized spacial score (nSPS) is 35.8. The summed E-state index contributed by atoms with van der Waals surface area (Å²) in [5.74, 6) is -2.14. The summed E-state index contributed by atoms with van der Waals surface area (Å²) in [7, 11) is 0. The fourth-order valence-electron chi connectivity index (χ4n) is 2.14. The van der Waals surface area contributed by atoms with Gasteiger partial charge in [0.1, 0.15) is 6.10 Å². The highest BCUT2D eigenvalue weighted by atomic mass is 32.2. The highest BCUT2D eigenvalue weighted by Crippen LogP contribution is 2.41. The largest absolute Gasteiger partial charge is 0.478 e. The summed E-state index contributed by atoms with van der Waals surface area (Å²) < 4.78 is 0. The molecule has 10 heteroatoms. The van der Waals surface area contributed by atoms with Gasteiger partial charge in [0.25, 0.3) is 0 Å². The third-order valence-corrected chi connectivity index (χ3v) is 4.78. The maximum Gasteiger partial charge on any atom is 0.346 e. The van der Waals surface area contributed by atoms with Crippen LogP contribution in [0.5, 0.6) is 0 Å². The molecule has 122 valence electrons. The van der Waals surface area contributed by atoms with E-state index in [4.69, 9.17) is 10.2 Å². The van der Waals surface area contributed by atoms with Crippen LogP contribution >= 0.6 is 11.8 Å². The predicted molar refractivity (Wildman–Crippen MR) is 71.3 cm³/mol. The molecule has 1 aliphatic rings. The zero-order valence-electron chi connectivity index (χ0n) is 11.2. The molecule has 0 aromatic carbocycles. The maximum atomic E-state index is 11.2. The van der Waals surface area contributed by atoms with E-state index in [1.54, 1.807) is 0 Å². The van der Waals surface area contributed by atoms with E-state index in [2.05, 4.69) is 5.32 Å². The molecule has 0 saturated carbocycles. The van der Waals surface area contributed by atoms with Crippen LogP contribution in [-0.2, 0) is 9.59 Å². The lowest BCUT2D eigenvalue weighted by molar-refractivity contribution is -0.153. The molecule has 0 bridgehead atoms. The van der Waals surface area contributed by atoms with Gasteiger partial charge in [-0.05, 0) is 0 Å². The topological polar surface area (TPSA) is 168 Å². The Hall–Kier alpha value is -0.910. The summed E-state index contributed by atoms with van der Waals surface area (Å²) >= 11 is 0.408. The highest BCUT2D eigenvalue weighted by Gasteiger charge is 2.53. The van der Waals surface area contributed by atoms with Crippen molar-refractivity contribution in [3.8, 4) is 0 Å². The molecule has 1 saturated heterocycles. The van der Waals surface area contributed by atoms with Crippen molar-refractivity contribution in [2.24, 2.45) is 0 Å². The van der Waals surface area contributed by atoms with Crippen molar-refractivity contribution >= 4 is 23.6 Å². The van der Waals surface area contributed by atoms with E-state index in [0.717, 1.165) is 0 Å². The Bertz CT molecular complexity index is 408. The van der Waals surface area contributed by atoms with Crippen molar-refractivity contribution in [2.45, 2.75) is 47.9 Å². The van der Waals surface area contributed by atoms with Crippen molar-refractivity contribution < 1.29 is 40.2 Å². The number of hydrogen-bond acceptors (Lipinski definition) is 8. The number of carbonyl (C=O) groups is 2. The number of hydrogen-bond donors (Lipinski definition) is 7. The fourth-order valence-corrected chi connectivity index (χ4v) is 3.67. The molecule has 1 aliphatic heterocycles. The molecule has 1 amide bonds. The van der Waals surface area contributed by atoms with Crippen molar-refractivity contribution in [2.75, 3.05) is 6.61 Å². The molecule has 7 N–H and O–H groups in total. The minimum Gasteiger partial charge on any atom is -0.478 e. The van der Waals surface area contributed by atoms with Gasteiger partial charge < -0.3 is 36.0 Å². The number of rotatable bonds is 5. The van der Waals surface area contributed by atoms with Crippen LogP contribution in [0.15, 0.2) is 0 Å². The summed E-state index contributed by atoms with van der Waals surface area (Å²) in [6.07, 6.45) is -5.27. The molecule has 0 aromatic rings. The lowest BCUT2D eigenvalue weighted by Crippen LogP contribution is -2.62. The van der Waals surface area contributed by atoms with Gasteiger partial charge in [0, 0.05) is 13.3 Å². The SMILES string of the molecule is CC(=O)N[C@H]1[C@H]([C@H](O)[C@H](O)CO)S[C@](O)(C(=O)O)C[C@@H]1O. The van der Waals surface area contributed by atoms with Gasteiger partial charge in [-0.15, -0.1) is 11.8 Å². The van der Waals surface area contributed by atoms with Crippen LogP contribution in [-0.4, -0.2) is 83.7 Å². The predicted octanol–water partition coefficient (Wildman–Crippen LogP) is -3.16. The van der Waals surface area contributed by atoms with Crippen molar-refractivity contribution in [1.82, 2.24) is 5.32 Å². The number of thioether (sulfide) groups is 1. The summed E-state index contributed by atoms with van der Waals surface area (Å²) in [4.78, 5) is 19.9. The monoisotopic (exact) mass is 325 g/mol. The maximum absolute atomic E-state index is 11.2. The zero-order valence-corrected chi connectivity index (χ0v) is 12.0. The van der Waals surface area contributed by atoms with Crippen LogP contribution in [0.25, 0.3) is 0 Å². The van der Waals surface area contributed by atoms with Crippen LogP contribution in [0, 0.1) is 0 Å². The van der Waals surface area contributed by atoms with Crippen LogP contribution in [0.1, 0.15) is 13.3 Å². The van der Waals surface area contributed by atoms with E-state index in [1.807, 2.05) is 0 Å². The molecular formula is C11H19NO8S. The number of amides is 1. The molecule has 6 atom stereocenters. The highest BCUT2D eigenvalue weighted by molar-refractivity contribution is 8.01. The molecule has 1 fully saturated rings. The molecule has 0 unspecified atom stereocenters. The van der Waals surface area contributed by atoms with E-state index in [9.17, 15) is 30.0 Å². The molecule has 0 spiro atoms. The van der Waals surface area contributed by atoms with Crippen molar-refractivity contribution in [1.29, 1.82) is 0 Å². The van der Waals surface area contributed by atoms with Gasteiger partial charge >= 0.3 is 5.97 Å². The summed E-state index contributed by atoms with van der Waals surface area (Å²) in [5.41, 5.74) is 0. The summed E-state index contributed by atoms with van der Waals surface area (Å²) in [6.45, 7) is 0.369. The molecule has 1 heterocycles. The number of aliphatic hydroxyl groups is 5. The van der Waals surface area contributed by atoms with Crippen LogP contribution < -0.4 is 5.32 Å².